The number of carboxylic acid groups (broad SMARTS) is 1. The molecule has 5 atom stereocenters. The summed E-state index contributed by atoms with van der Waals surface area (Å²) < 4.78 is 13.7. The van der Waals surface area contributed by atoms with Gasteiger partial charge in [0.1, 0.15) is 35.9 Å². The van der Waals surface area contributed by atoms with Crippen LogP contribution in [-0.2, 0) is 19.1 Å². The second-order valence-electron chi connectivity index (χ2n) is 13.6. The molecule has 0 radical (unpaired) electrons. The minimum atomic E-state index is -0.919. The number of unbranched alkanes of at least 4 members (excludes halogenated alkanes) is 3. The van der Waals surface area contributed by atoms with Gasteiger partial charge in [0.15, 0.2) is 0 Å². The Morgan fingerprint density at radius 1 is 1.08 bits per heavy atom. The second-order valence-corrected chi connectivity index (χ2v) is 13.6. The molecule has 256 valence electrons. The van der Waals surface area contributed by atoms with E-state index in [4.69, 9.17) is 20.3 Å². The number of ether oxygens (including phenoxy) is 2. The number of carboxylic acids is 1. The number of benzene rings is 2. The average Bonchev–Trinajstić information content (AvgIpc) is 3.50. The first-order valence-electron chi connectivity index (χ1n) is 16.6. The summed E-state index contributed by atoms with van der Waals surface area (Å²) in [7, 11) is 0. The monoisotopic (exact) mass is 659 g/mol. The Bertz CT molecular complexity index is 1650. The quantitative estimate of drug-likeness (QED) is 0.161. The van der Waals surface area contributed by atoms with E-state index >= 15 is 0 Å². The van der Waals surface area contributed by atoms with E-state index in [1.807, 2.05) is 65.3 Å². The molecule has 3 amide bonds. The molecule has 3 aromatic rings. The zero-order valence-corrected chi connectivity index (χ0v) is 27.7. The molecule has 2 fully saturated rings. The number of alkyl carbamates (subject to hydrolysis) is 1. The number of amides is 3. The third kappa shape index (κ3) is 8.93. The van der Waals surface area contributed by atoms with Gasteiger partial charge in [-0.2, -0.15) is 0 Å². The number of rotatable bonds is 14. The predicted octanol–water partition coefficient (Wildman–Crippen LogP) is 4.98. The van der Waals surface area contributed by atoms with Crippen LogP contribution in [0.1, 0.15) is 65.7 Å². The second kappa shape index (κ2) is 14.9. The Morgan fingerprint density at radius 3 is 2.54 bits per heavy atom. The number of fused-ring (bicyclic) bond motifs is 1. The zero-order chi connectivity index (χ0) is 34.4. The van der Waals surface area contributed by atoms with E-state index in [-0.39, 0.29) is 24.8 Å². The highest BCUT2D eigenvalue weighted by molar-refractivity contribution is 5.91. The highest BCUT2D eigenvalue weighted by Gasteiger charge is 2.43. The van der Waals surface area contributed by atoms with Crippen molar-refractivity contribution in [3.05, 3.63) is 67.0 Å². The lowest BCUT2D eigenvalue weighted by atomic mass is 10.0. The molecule has 1 saturated heterocycles. The van der Waals surface area contributed by atoms with Crippen LogP contribution in [0.4, 0.5) is 4.79 Å². The molecule has 0 spiro atoms. The Hall–Kier alpha value is -4.87. The number of likely N-dealkylation sites (tertiary alicyclic amines) is 1. The van der Waals surface area contributed by atoms with E-state index in [9.17, 15) is 19.2 Å². The highest BCUT2D eigenvalue weighted by atomic mass is 16.6. The summed E-state index contributed by atoms with van der Waals surface area (Å²) in [4.78, 5) is 56.2. The molecule has 4 N–H and O–H groups in total. The smallest absolute Gasteiger partial charge is 0.408 e. The van der Waals surface area contributed by atoms with Crippen LogP contribution in [0.25, 0.3) is 16.7 Å². The number of nitrogens with zero attached hydrogens (tertiary/aromatic N) is 3. The first-order valence-corrected chi connectivity index (χ1v) is 16.6. The van der Waals surface area contributed by atoms with Gasteiger partial charge in [-0.05, 0) is 76.6 Å². The molecular weight excluding hydrogens is 614 g/mol. The van der Waals surface area contributed by atoms with E-state index in [2.05, 4.69) is 10.3 Å². The molecule has 1 saturated carbocycles. The number of hydrogen-bond acceptors (Lipinski definition) is 7. The number of aliphatic carboxylic acids is 1. The molecule has 1 aromatic heterocycles. The van der Waals surface area contributed by atoms with Gasteiger partial charge in [0, 0.05) is 18.2 Å². The lowest BCUT2D eigenvalue weighted by molar-refractivity contribution is -0.139. The SMILES string of the molecule is CC(C)(C)OC(=O)NC(CCCCCC=CC1CC1C(=O)O)C(=O)N1CC(Oc2ccc3c(c2)ncn3-c2ccccc2)CC1C(N)=O. The van der Waals surface area contributed by atoms with Crippen LogP contribution < -0.4 is 15.8 Å². The molecule has 5 rings (SSSR count). The molecule has 1 aliphatic carbocycles. The number of aromatic nitrogens is 2. The predicted molar refractivity (Wildman–Crippen MR) is 179 cm³/mol. The van der Waals surface area contributed by atoms with Crippen molar-refractivity contribution in [3.63, 3.8) is 0 Å². The van der Waals surface area contributed by atoms with Crippen molar-refractivity contribution in [1.29, 1.82) is 0 Å². The maximum atomic E-state index is 13.9. The van der Waals surface area contributed by atoms with Crippen molar-refractivity contribution in [2.45, 2.75) is 89.5 Å². The van der Waals surface area contributed by atoms with Crippen LogP contribution in [0.3, 0.4) is 0 Å². The number of carbonyl (C=O) groups excluding carboxylic acids is 3. The van der Waals surface area contributed by atoms with E-state index < -0.39 is 47.7 Å². The Balaban J connectivity index is 1.21. The third-order valence-electron chi connectivity index (χ3n) is 8.62. The summed E-state index contributed by atoms with van der Waals surface area (Å²) in [5.74, 6) is -1.39. The fraction of sp³-hybridized carbons (Fsp3) is 0.472. The van der Waals surface area contributed by atoms with Gasteiger partial charge in [0.05, 0.1) is 23.5 Å². The van der Waals surface area contributed by atoms with Gasteiger partial charge < -0.3 is 30.5 Å². The standard InChI is InChI=1S/C36H45N5O7/c1-36(2,3)48-35(46)39-28(15-11-6-4-5-8-12-23-18-27(23)34(44)45)33(43)40-21-26(20-31(40)32(37)42)47-25-16-17-30-29(19-25)38-22-41(30)24-13-9-7-10-14-24/h7-10,12-14,16-17,19,22-23,26-28,31H,4-6,11,15,18,20-21H2,1-3H3,(H2,37,42)(H,39,46)(H,44,45). The van der Waals surface area contributed by atoms with E-state index in [0.717, 1.165) is 36.0 Å². The first kappa shape index (κ1) is 34.5. The Labute approximate surface area is 280 Å². The number of nitrogens with two attached hydrogens (primary N) is 1. The maximum absolute atomic E-state index is 13.9. The van der Waals surface area contributed by atoms with Crippen molar-refractivity contribution in [2.24, 2.45) is 17.6 Å². The number of primary amides is 1. The van der Waals surface area contributed by atoms with Crippen LogP contribution >= 0.6 is 0 Å². The number of imidazole rings is 1. The van der Waals surface area contributed by atoms with Gasteiger partial charge in [-0.3, -0.25) is 19.0 Å². The van der Waals surface area contributed by atoms with Gasteiger partial charge in [0.25, 0.3) is 0 Å². The Kier molecular flexibility index (Phi) is 10.7. The number of allylic oxidation sites excluding steroid dienone is 2. The molecular formula is C36H45N5O7. The lowest BCUT2D eigenvalue weighted by Crippen LogP contribution is -2.53. The Morgan fingerprint density at radius 2 is 1.85 bits per heavy atom. The molecule has 12 nitrogen and oxygen atoms in total. The van der Waals surface area contributed by atoms with Crippen molar-refractivity contribution in [3.8, 4) is 11.4 Å². The fourth-order valence-corrected chi connectivity index (χ4v) is 6.13. The largest absolute Gasteiger partial charge is 0.488 e. The van der Waals surface area contributed by atoms with Gasteiger partial charge in [-0.25, -0.2) is 9.78 Å². The molecule has 5 unspecified atom stereocenters. The van der Waals surface area contributed by atoms with Crippen molar-refractivity contribution < 1.29 is 33.8 Å². The molecule has 2 heterocycles. The first-order chi connectivity index (χ1) is 22.9. The zero-order valence-electron chi connectivity index (χ0n) is 27.7. The summed E-state index contributed by atoms with van der Waals surface area (Å²) in [6, 6.07) is 13.6. The van der Waals surface area contributed by atoms with Crippen LogP contribution in [-0.4, -0.2) is 73.8 Å². The van der Waals surface area contributed by atoms with Crippen molar-refractivity contribution in [1.82, 2.24) is 19.8 Å². The van der Waals surface area contributed by atoms with Gasteiger partial charge in [0.2, 0.25) is 11.8 Å². The van der Waals surface area contributed by atoms with Gasteiger partial charge >= 0.3 is 12.1 Å². The lowest BCUT2D eigenvalue weighted by Gasteiger charge is -2.28. The van der Waals surface area contributed by atoms with Gasteiger partial charge in [-0.1, -0.05) is 43.2 Å². The summed E-state index contributed by atoms with van der Waals surface area (Å²) in [6.07, 6.45) is 8.87. The normalized spacial score (nSPS) is 21.3. The molecule has 0 bridgehead atoms. The number of para-hydroxylation sites is 1. The topological polar surface area (TPSA) is 166 Å². The van der Waals surface area contributed by atoms with Crippen LogP contribution in [0.2, 0.25) is 0 Å². The van der Waals surface area contributed by atoms with Crippen LogP contribution in [0.5, 0.6) is 5.75 Å². The fourth-order valence-electron chi connectivity index (χ4n) is 6.13. The summed E-state index contributed by atoms with van der Waals surface area (Å²) in [5.41, 5.74) is 7.64. The molecule has 2 aliphatic rings. The summed E-state index contributed by atoms with van der Waals surface area (Å²) in [6.45, 7) is 5.35. The van der Waals surface area contributed by atoms with Crippen molar-refractivity contribution in [2.75, 3.05) is 6.54 Å². The summed E-state index contributed by atoms with van der Waals surface area (Å²) >= 11 is 0. The van der Waals surface area contributed by atoms with E-state index in [1.165, 1.54) is 4.90 Å². The molecule has 48 heavy (non-hydrogen) atoms. The molecule has 12 heteroatoms. The van der Waals surface area contributed by atoms with Gasteiger partial charge in [-0.15, -0.1) is 0 Å². The van der Waals surface area contributed by atoms with Crippen LogP contribution in [0.15, 0.2) is 67.0 Å². The molecule has 1 aliphatic heterocycles. The van der Waals surface area contributed by atoms with E-state index in [1.54, 1.807) is 27.1 Å². The summed E-state index contributed by atoms with van der Waals surface area (Å²) in [5, 5.41) is 11.8. The highest BCUT2D eigenvalue weighted by Crippen LogP contribution is 2.39. The minimum Gasteiger partial charge on any atom is -0.488 e. The van der Waals surface area contributed by atoms with Crippen LogP contribution in [0, 0.1) is 11.8 Å². The maximum Gasteiger partial charge on any atom is 0.408 e. The van der Waals surface area contributed by atoms with E-state index in [0.29, 0.717) is 25.0 Å². The number of hydrogen-bond donors (Lipinski definition) is 3. The minimum absolute atomic E-state index is 0.121. The average molecular weight is 660 g/mol. The number of nitrogens with one attached hydrogen (secondary N) is 1. The third-order valence-corrected chi connectivity index (χ3v) is 8.62. The van der Waals surface area contributed by atoms with Crippen molar-refractivity contribution >= 4 is 34.9 Å². The number of carbonyl (C=O) groups is 4. The molecule has 2 aromatic carbocycles.